The zero-order valence-corrected chi connectivity index (χ0v) is 12.5. The summed E-state index contributed by atoms with van der Waals surface area (Å²) in [5.74, 6) is 0.549. The minimum absolute atomic E-state index is 0.147. The van der Waals surface area contributed by atoms with Gasteiger partial charge >= 0.3 is 0 Å². The van der Waals surface area contributed by atoms with Gasteiger partial charge in [0.1, 0.15) is 11.6 Å². The Balaban J connectivity index is 2.02. The van der Waals surface area contributed by atoms with Crippen molar-refractivity contribution in [2.24, 2.45) is 5.73 Å². The first-order chi connectivity index (χ1) is 11.2. The Hall–Kier alpha value is -3.26. The number of nitrogens with two attached hydrogens (primary N) is 1. The van der Waals surface area contributed by atoms with Crippen LogP contribution in [-0.2, 0) is 0 Å². The third-order valence-corrected chi connectivity index (χ3v) is 4.14. The van der Waals surface area contributed by atoms with E-state index in [4.69, 9.17) is 10.5 Å². The van der Waals surface area contributed by atoms with Gasteiger partial charge in [0, 0.05) is 29.5 Å². The van der Waals surface area contributed by atoms with Gasteiger partial charge in [0.05, 0.1) is 11.4 Å². The molecule has 1 aliphatic rings. The first-order valence-corrected chi connectivity index (χ1v) is 7.28. The molecule has 0 amide bonds. The lowest BCUT2D eigenvalue weighted by Gasteiger charge is -2.26. The molecule has 1 unspecified atom stereocenters. The normalized spacial score (nSPS) is 16.8. The minimum Gasteiger partial charge on any atom is -0.438 e. The van der Waals surface area contributed by atoms with E-state index in [9.17, 15) is 5.26 Å². The van der Waals surface area contributed by atoms with Crippen molar-refractivity contribution in [3.8, 4) is 11.8 Å². The summed E-state index contributed by atoms with van der Waals surface area (Å²) in [5.41, 5.74) is 10.2. The average Bonchev–Trinajstić information content (AvgIpc) is 3.02. The Morgan fingerprint density at radius 2 is 2.17 bits per heavy atom. The molecule has 23 heavy (non-hydrogen) atoms. The molecule has 2 aromatic heterocycles. The van der Waals surface area contributed by atoms with Gasteiger partial charge in [-0.15, -0.1) is 0 Å². The number of fused-ring (bicyclic) bond motifs is 3. The van der Waals surface area contributed by atoms with Gasteiger partial charge in [-0.25, -0.2) is 0 Å². The number of aromatic nitrogens is 2. The maximum atomic E-state index is 9.57. The highest BCUT2D eigenvalue weighted by Crippen LogP contribution is 2.44. The first-order valence-electron chi connectivity index (χ1n) is 7.28. The van der Waals surface area contributed by atoms with Crippen LogP contribution in [0.3, 0.4) is 0 Å². The molecule has 3 aromatic rings. The molecule has 0 spiro atoms. The fourth-order valence-electron chi connectivity index (χ4n) is 3.12. The summed E-state index contributed by atoms with van der Waals surface area (Å²) in [4.78, 5) is 7.44. The summed E-state index contributed by atoms with van der Waals surface area (Å²) in [7, 11) is 0. The third-order valence-electron chi connectivity index (χ3n) is 4.14. The van der Waals surface area contributed by atoms with Crippen LogP contribution in [0.1, 0.15) is 22.6 Å². The van der Waals surface area contributed by atoms with Crippen LogP contribution in [0, 0.1) is 18.3 Å². The molecule has 5 nitrogen and oxygen atoms in total. The van der Waals surface area contributed by atoms with E-state index in [-0.39, 0.29) is 11.8 Å². The van der Waals surface area contributed by atoms with Gasteiger partial charge in [-0.05, 0) is 24.1 Å². The van der Waals surface area contributed by atoms with E-state index in [2.05, 4.69) is 16.0 Å². The number of hydrogen-bond acceptors (Lipinski definition) is 4. The Kier molecular flexibility index (Phi) is 2.85. The molecule has 1 aromatic carbocycles. The molecule has 1 atom stereocenters. The van der Waals surface area contributed by atoms with Crippen LogP contribution in [-0.4, -0.2) is 9.97 Å². The predicted octanol–water partition coefficient (Wildman–Crippen LogP) is 3.09. The number of aryl methyl sites for hydroxylation is 1. The Morgan fingerprint density at radius 3 is 2.96 bits per heavy atom. The summed E-state index contributed by atoms with van der Waals surface area (Å²) in [5, 5.41) is 10.6. The van der Waals surface area contributed by atoms with Crippen molar-refractivity contribution >= 4 is 10.9 Å². The summed E-state index contributed by atoms with van der Waals surface area (Å²) in [6, 6.07) is 10.2. The van der Waals surface area contributed by atoms with E-state index in [1.54, 1.807) is 12.4 Å². The second kappa shape index (κ2) is 4.89. The number of pyridine rings is 1. The highest BCUT2D eigenvalue weighted by atomic mass is 16.5. The van der Waals surface area contributed by atoms with Gasteiger partial charge in [-0.2, -0.15) is 5.26 Å². The number of aromatic amines is 1. The molecule has 3 N–H and O–H groups in total. The van der Waals surface area contributed by atoms with Crippen molar-refractivity contribution in [1.29, 1.82) is 5.26 Å². The molecule has 1 aliphatic heterocycles. The van der Waals surface area contributed by atoms with Crippen molar-refractivity contribution in [3.05, 3.63) is 71.0 Å². The second-order valence-electron chi connectivity index (χ2n) is 5.65. The summed E-state index contributed by atoms with van der Waals surface area (Å²) in [6.45, 7) is 1.98. The maximum Gasteiger partial charge on any atom is 0.205 e. The lowest BCUT2D eigenvalue weighted by Crippen LogP contribution is -2.21. The number of H-pyrrole nitrogens is 1. The van der Waals surface area contributed by atoms with Gasteiger partial charge in [0.25, 0.3) is 0 Å². The molecule has 0 saturated heterocycles. The number of nitrogens with zero attached hydrogens (tertiary/aromatic N) is 2. The molecule has 4 rings (SSSR count). The number of allylic oxidation sites excluding steroid dienone is 1. The number of benzene rings is 1. The standard InChI is InChI=1S/C18H14N4O/c1-10-6-12(9-21-8-10)15-13-3-2-11-4-5-22-16(11)17(13)23-18(20)14(15)7-19/h2-6,8-9,15,22H,20H2,1H3. The molecule has 0 radical (unpaired) electrons. The van der Waals surface area contributed by atoms with Crippen molar-refractivity contribution in [2.45, 2.75) is 12.8 Å². The van der Waals surface area contributed by atoms with Crippen LogP contribution in [0.15, 0.2) is 54.3 Å². The van der Waals surface area contributed by atoms with Gasteiger partial charge < -0.3 is 15.5 Å². The molecule has 0 bridgehead atoms. The smallest absolute Gasteiger partial charge is 0.205 e. The monoisotopic (exact) mass is 302 g/mol. The van der Waals surface area contributed by atoms with Crippen molar-refractivity contribution < 1.29 is 4.74 Å². The van der Waals surface area contributed by atoms with Gasteiger partial charge in [-0.3, -0.25) is 4.98 Å². The summed E-state index contributed by atoms with van der Waals surface area (Å²) < 4.78 is 5.77. The largest absolute Gasteiger partial charge is 0.438 e. The Bertz CT molecular complexity index is 994. The highest BCUT2D eigenvalue weighted by Gasteiger charge is 2.32. The van der Waals surface area contributed by atoms with Crippen LogP contribution >= 0.6 is 0 Å². The van der Waals surface area contributed by atoms with Gasteiger partial charge in [0.2, 0.25) is 5.88 Å². The molecule has 0 fully saturated rings. The third kappa shape index (κ3) is 1.96. The fraction of sp³-hybridized carbons (Fsp3) is 0.111. The number of hydrogen-bond donors (Lipinski definition) is 2. The SMILES string of the molecule is Cc1cncc(C2C(C#N)=C(N)Oc3c2ccc2cc[nH]c32)c1. The van der Waals surface area contributed by atoms with Gasteiger partial charge in [0.15, 0.2) is 5.75 Å². The molecular formula is C18H14N4O. The minimum atomic E-state index is -0.274. The number of nitrogens with one attached hydrogen (secondary N) is 1. The van der Waals surface area contributed by atoms with Crippen LogP contribution in [0.25, 0.3) is 10.9 Å². The lowest BCUT2D eigenvalue weighted by atomic mass is 9.83. The Labute approximate surface area is 133 Å². The zero-order chi connectivity index (χ0) is 16.0. The quantitative estimate of drug-likeness (QED) is 0.723. The molecule has 0 saturated carbocycles. The van der Waals surface area contributed by atoms with E-state index in [0.29, 0.717) is 11.3 Å². The second-order valence-corrected chi connectivity index (χ2v) is 5.65. The van der Waals surface area contributed by atoms with E-state index >= 15 is 0 Å². The van der Waals surface area contributed by atoms with E-state index in [0.717, 1.165) is 27.6 Å². The highest BCUT2D eigenvalue weighted by molar-refractivity contribution is 5.88. The zero-order valence-electron chi connectivity index (χ0n) is 12.5. The van der Waals surface area contributed by atoms with Crippen LogP contribution in [0.4, 0.5) is 0 Å². The summed E-state index contributed by atoms with van der Waals surface area (Å²) >= 11 is 0. The van der Waals surface area contributed by atoms with Crippen molar-refractivity contribution in [3.63, 3.8) is 0 Å². The van der Waals surface area contributed by atoms with E-state index < -0.39 is 0 Å². The topological polar surface area (TPSA) is 87.7 Å². The van der Waals surface area contributed by atoms with Crippen LogP contribution in [0.5, 0.6) is 5.75 Å². The van der Waals surface area contributed by atoms with Crippen molar-refractivity contribution in [1.82, 2.24) is 9.97 Å². The molecule has 0 aliphatic carbocycles. The average molecular weight is 302 g/mol. The first kappa shape index (κ1) is 13.4. The predicted molar refractivity (Wildman–Crippen MR) is 86.6 cm³/mol. The van der Waals surface area contributed by atoms with Crippen LogP contribution < -0.4 is 10.5 Å². The molecule has 3 heterocycles. The molecule has 5 heteroatoms. The van der Waals surface area contributed by atoms with E-state index in [1.165, 1.54) is 0 Å². The number of ether oxygens (including phenoxy) is 1. The number of rotatable bonds is 1. The van der Waals surface area contributed by atoms with Crippen LogP contribution in [0.2, 0.25) is 0 Å². The molecular weight excluding hydrogens is 288 g/mol. The Morgan fingerprint density at radius 1 is 1.30 bits per heavy atom. The molecule has 112 valence electrons. The van der Waals surface area contributed by atoms with Crippen molar-refractivity contribution in [2.75, 3.05) is 0 Å². The fourth-order valence-corrected chi connectivity index (χ4v) is 3.12. The number of nitriles is 1. The van der Waals surface area contributed by atoms with Gasteiger partial charge in [-0.1, -0.05) is 18.2 Å². The van der Waals surface area contributed by atoms with E-state index in [1.807, 2.05) is 37.4 Å². The lowest BCUT2D eigenvalue weighted by molar-refractivity contribution is 0.397. The maximum absolute atomic E-state index is 9.57. The summed E-state index contributed by atoms with van der Waals surface area (Å²) in [6.07, 6.45) is 5.42.